The topological polar surface area (TPSA) is 83.0 Å². The van der Waals surface area contributed by atoms with Crippen LogP contribution in [0.3, 0.4) is 0 Å². The SMILES string of the molecule is COc1ccc(CSc2nnc(C3CC3)n2CCC(N)=O)cc1F. The predicted molar refractivity (Wildman–Crippen MR) is 88.3 cm³/mol. The molecule has 2 aromatic rings. The van der Waals surface area contributed by atoms with E-state index in [2.05, 4.69) is 10.2 Å². The van der Waals surface area contributed by atoms with Gasteiger partial charge in [0.15, 0.2) is 16.7 Å². The highest BCUT2D eigenvalue weighted by Gasteiger charge is 2.30. The minimum absolute atomic E-state index is 0.226. The van der Waals surface area contributed by atoms with Gasteiger partial charge in [0, 0.05) is 24.6 Å². The van der Waals surface area contributed by atoms with Crippen molar-refractivity contribution in [2.75, 3.05) is 7.11 Å². The van der Waals surface area contributed by atoms with Crippen LogP contribution in [-0.4, -0.2) is 27.8 Å². The quantitative estimate of drug-likeness (QED) is 0.740. The van der Waals surface area contributed by atoms with Crippen LogP contribution in [0, 0.1) is 5.82 Å². The molecule has 1 amide bonds. The molecule has 1 fully saturated rings. The van der Waals surface area contributed by atoms with E-state index in [0.29, 0.717) is 18.2 Å². The number of methoxy groups -OCH3 is 1. The molecule has 0 unspecified atom stereocenters. The van der Waals surface area contributed by atoms with Crippen LogP contribution in [0.5, 0.6) is 5.75 Å². The van der Waals surface area contributed by atoms with Gasteiger partial charge in [0.25, 0.3) is 0 Å². The third-order valence-corrected chi connectivity index (χ3v) is 4.89. The molecule has 8 heteroatoms. The van der Waals surface area contributed by atoms with Crippen molar-refractivity contribution in [1.82, 2.24) is 14.8 Å². The van der Waals surface area contributed by atoms with Crippen molar-refractivity contribution in [2.24, 2.45) is 5.73 Å². The minimum atomic E-state index is -0.385. The second-order valence-electron chi connectivity index (χ2n) is 5.74. The molecule has 3 rings (SSSR count). The lowest BCUT2D eigenvalue weighted by Crippen LogP contribution is -2.15. The van der Waals surface area contributed by atoms with Crippen LogP contribution in [0.1, 0.15) is 36.6 Å². The van der Waals surface area contributed by atoms with Gasteiger partial charge in [0.2, 0.25) is 5.91 Å². The number of amides is 1. The maximum Gasteiger partial charge on any atom is 0.219 e. The number of nitrogens with two attached hydrogens (primary N) is 1. The number of rotatable bonds is 8. The Bertz CT molecular complexity index is 746. The van der Waals surface area contributed by atoms with Gasteiger partial charge in [-0.2, -0.15) is 0 Å². The number of primary amides is 1. The largest absolute Gasteiger partial charge is 0.494 e. The Morgan fingerprint density at radius 2 is 2.25 bits per heavy atom. The molecule has 6 nitrogen and oxygen atoms in total. The minimum Gasteiger partial charge on any atom is -0.494 e. The molecule has 0 spiro atoms. The average Bonchev–Trinajstić information content (AvgIpc) is 3.32. The third-order valence-electron chi connectivity index (χ3n) is 3.85. The zero-order valence-electron chi connectivity index (χ0n) is 13.4. The molecule has 1 saturated carbocycles. The third kappa shape index (κ3) is 3.87. The molecule has 0 radical (unpaired) electrons. The molecular formula is C16H19FN4O2S. The van der Waals surface area contributed by atoms with Crippen molar-refractivity contribution in [3.8, 4) is 5.75 Å². The van der Waals surface area contributed by atoms with Gasteiger partial charge in [0.1, 0.15) is 5.82 Å². The summed E-state index contributed by atoms with van der Waals surface area (Å²) in [6, 6.07) is 4.89. The maximum atomic E-state index is 13.8. The first-order valence-corrected chi connectivity index (χ1v) is 8.73. The highest BCUT2D eigenvalue weighted by atomic mass is 32.2. The maximum absolute atomic E-state index is 13.8. The molecule has 1 aromatic heterocycles. The van der Waals surface area contributed by atoms with Gasteiger partial charge >= 0.3 is 0 Å². The first-order valence-electron chi connectivity index (χ1n) is 7.75. The monoisotopic (exact) mass is 350 g/mol. The second kappa shape index (κ2) is 7.21. The van der Waals surface area contributed by atoms with Crippen molar-refractivity contribution in [3.63, 3.8) is 0 Å². The lowest BCUT2D eigenvalue weighted by atomic mass is 10.2. The number of halogens is 1. The lowest BCUT2D eigenvalue weighted by molar-refractivity contribution is -0.118. The molecular weight excluding hydrogens is 331 g/mol. The zero-order valence-corrected chi connectivity index (χ0v) is 14.2. The second-order valence-corrected chi connectivity index (χ2v) is 6.68. The van der Waals surface area contributed by atoms with Crippen LogP contribution < -0.4 is 10.5 Å². The van der Waals surface area contributed by atoms with Crippen molar-refractivity contribution < 1.29 is 13.9 Å². The normalized spacial score (nSPS) is 13.9. The van der Waals surface area contributed by atoms with Crippen molar-refractivity contribution in [2.45, 2.75) is 42.6 Å². The van der Waals surface area contributed by atoms with E-state index in [0.717, 1.165) is 29.4 Å². The summed E-state index contributed by atoms with van der Waals surface area (Å²) in [5, 5.41) is 9.22. The number of ether oxygens (including phenoxy) is 1. The Hall–Kier alpha value is -2.09. The smallest absolute Gasteiger partial charge is 0.219 e. The summed E-state index contributed by atoms with van der Waals surface area (Å²) in [5.41, 5.74) is 6.09. The summed E-state index contributed by atoms with van der Waals surface area (Å²) < 4.78 is 20.7. The summed E-state index contributed by atoms with van der Waals surface area (Å²) >= 11 is 1.47. The molecule has 0 atom stereocenters. The summed E-state index contributed by atoms with van der Waals surface area (Å²) in [6.07, 6.45) is 2.45. The van der Waals surface area contributed by atoms with Crippen LogP contribution in [-0.2, 0) is 17.1 Å². The first kappa shape index (κ1) is 16.8. The predicted octanol–water partition coefficient (Wildman–Crippen LogP) is 2.47. The van der Waals surface area contributed by atoms with Crippen LogP contribution in [0.2, 0.25) is 0 Å². The van der Waals surface area contributed by atoms with Gasteiger partial charge in [-0.1, -0.05) is 17.8 Å². The molecule has 0 bridgehead atoms. The lowest BCUT2D eigenvalue weighted by Gasteiger charge is -2.09. The van der Waals surface area contributed by atoms with Crippen LogP contribution >= 0.6 is 11.8 Å². The van der Waals surface area contributed by atoms with E-state index in [4.69, 9.17) is 10.5 Å². The summed E-state index contributed by atoms with van der Waals surface area (Å²) in [6.45, 7) is 0.480. The fourth-order valence-electron chi connectivity index (χ4n) is 2.43. The van der Waals surface area contributed by atoms with Crippen molar-refractivity contribution >= 4 is 17.7 Å². The molecule has 24 heavy (non-hydrogen) atoms. The molecule has 1 aromatic carbocycles. The molecule has 1 aliphatic rings. The van der Waals surface area contributed by atoms with Gasteiger partial charge in [-0.25, -0.2) is 4.39 Å². The van der Waals surface area contributed by atoms with E-state index in [-0.39, 0.29) is 23.9 Å². The number of carbonyl (C=O) groups is 1. The molecule has 1 aliphatic carbocycles. The fourth-order valence-corrected chi connectivity index (χ4v) is 3.34. The number of carbonyl (C=O) groups excluding carboxylic acids is 1. The highest BCUT2D eigenvalue weighted by molar-refractivity contribution is 7.98. The standard InChI is InChI=1S/C16H19FN4O2S/c1-23-13-5-2-10(8-12(13)17)9-24-16-20-19-15(11-3-4-11)21(16)7-6-14(18)22/h2,5,8,11H,3-4,6-7,9H2,1H3,(H2,18,22). The van der Waals surface area contributed by atoms with Crippen LogP contribution in [0.4, 0.5) is 4.39 Å². The average molecular weight is 350 g/mol. The number of aromatic nitrogens is 3. The molecule has 0 saturated heterocycles. The van der Waals surface area contributed by atoms with E-state index in [9.17, 15) is 9.18 Å². The summed E-state index contributed by atoms with van der Waals surface area (Å²) in [5.74, 6) is 1.39. The summed E-state index contributed by atoms with van der Waals surface area (Å²) in [7, 11) is 1.44. The van der Waals surface area contributed by atoms with Gasteiger partial charge < -0.3 is 15.0 Å². The summed E-state index contributed by atoms with van der Waals surface area (Å²) in [4.78, 5) is 11.1. The number of nitrogens with zero attached hydrogens (tertiary/aromatic N) is 3. The molecule has 0 aliphatic heterocycles. The first-order chi connectivity index (χ1) is 11.6. The highest BCUT2D eigenvalue weighted by Crippen LogP contribution is 2.40. The molecule has 128 valence electrons. The van der Waals surface area contributed by atoms with Crippen LogP contribution in [0.15, 0.2) is 23.4 Å². The van der Waals surface area contributed by atoms with E-state index in [1.54, 1.807) is 6.07 Å². The fraction of sp³-hybridized carbons (Fsp3) is 0.438. The Labute approximate surface area is 143 Å². The Morgan fingerprint density at radius 3 is 2.88 bits per heavy atom. The van der Waals surface area contributed by atoms with Gasteiger partial charge in [-0.05, 0) is 30.5 Å². The van der Waals surface area contributed by atoms with Gasteiger partial charge in [-0.15, -0.1) is 10.2 Å². The van der Waals surface area contributed by atoms with Crippen molar-refractivity contribution in [3.05, 3.63) is 35.4 Å². The van der Waals surface area contributed by atoms with E-state index < -0.39 is 0 Å². The molecule has 1 heterocycles. The number of thioether (sulfide) groups is 1. The Kier molecular flexibility index (Phi) is 5.03. The Morgan fingerprint density at radius 1 is 1.46 bits per heavy atom. The van der Waals surface area contributed by atoms with Crippen LogP contribution in [0.25, 0.3) is 0 Å². The van der Waals surface area contributed by atoms with E-state index in [1.807, 2.05) is 10.6 Å². The van der Waals surface area contributed by atoms with Crippen molar-refractivity contribution in [1.29, 1.82) is 0 Å². The number of hydrogen-bond acceptors (Lipinski definition) is 5. The number of hydrogen-bond donors (Lipinski definition) is 1. The van der Waals surface area contributed by atoms with Gasteiger partial charge in [-0.3, -0.25) is 4.79 Å². The van der Waals surface area contributed by atoms with E-state index in [1.165, 1.54) is 24.9 Å². The number of benzene rings is 1. The zero-order chi connectivity index (χ0) is 17.1. The van der Waals surface area contributed by atoms with Gasteiger partial charge in [0.05, 0.1) is 7.11 Å². The Balaban J connectivity index is 1.72. The van der Waals surface area contributed by atoms with E-state index >= 15 is 0 Å². The molecule has 2 N–H and O–H groups in total.